The second kappa shape index (κ2) is 9.73. The highest BCUT2D eigenvalue weighted by molar-refractivity contribution is 5.67. The van der Waals surface area contributed by atoms with Crippen molar-refractivity contribution in [2.24, 2.45) is 56.5 Å². The first-order valence-electron chi connectivity index (χ1n) is 16.5. The van der Waals surface area contributed by atoms with Crippen LogP contribution in [0.3, 0.4) is 0 Å². The number of amides is 2. The molecule has 2 spiro atoms. The largest absolute Gasteiger partial charge is 0.446 e. The van der Waals surface area contributed by atoms with Crippen LogP contribution < -0.4 is 11.1 Å². The molecule has 1 aliphatic heterocycles. The number of rotatable bonds is 5. The van der Waals surface area contributed by atoms with Gasteiger partial charge in [0.05, 0.1) is 6.10 Å². The summed E-state index contributed by atoms with van der Waals surface area (Å²) in [4.78, 5) is 24.1. The lowest BCUT2D eigenvalue weighted by Gasteiger charge is -2.63. The van der Waals surface area contributed by atoms with Gasteiger partial charge in [-0.15, -0.1) is 0 Å². The molecule has 8 nitrogen and oxygen atoms in total. The molecule has 1 heterocycles. The fourth-order valence-electron chi connectivity index (χ4n) is 11.8. The van der Waals surface area contributed by atoms with Crippen LogP contribution in [0.5, 0.6) is 0 Å². The van der Waals surface area contributed by atoms with Gasteiger partial charge in [0.25, 0.3) is 0 Å². The van der Waals surface area contributed by atoms with Crippen molar-refractivity contribution in [2.45, 2.75) is 125 Å². The third kappa shape index (κ3) is 3.78. The number of primary amides is 1. The molecule has 6 fully saturated rings. The van der Waals surface area contributed by atoms with E-state index in [-0.39, 0.29) is 50.9 Å². The van der Waals surface area contributed by atoms with Crippen molar-refractivity contribution in [3.8, 4) is 0 Å². The smallest absolute Gasteiger partial charge is 0.407 e. The van der Waals surface area contributed by atoms with Crippen molar-refractivity contribution in [1.29, 1.82) is 0 Å². The molecule has 4 N–H and O–H groups in total. The van der Waals surface area contributed by atoms with E-state index in [0.717, 1.165) is 57.2 Å². The summed E-state index contributed by atoms with van der Waals surface area (Å²) in [7, 11) is 0. The average molecular weight is 586 g/mol. The molecule has 1 unspecified atom stereocenters. The molecule has 0 bridgehead atoms. The monoisotopic (exact) mass is 585 g/mol. The number of aliphatic hydroxyl groups is 1. The summed E-state index contributed by atoms with van der Waals surface area (Å²) in [5.74, 6) is 2.49. The lowest BCUT2D eigenvalue weighted by molar-refractivity contribution is -0.125. The Bertz CT molecular complexity index is 1110. The lowest BCUT2D eigenvalue weighted by Crippen LogP contribution is -2.59. The van der Waals surface area contributed by atoms with Crippen LogP contribution in [0.2, 0.25) is 0 Å². The molecule has 2 amide bonds. The van der Waals surface area contributed by atoms with E-state index in [9.17, 15) is 14.7 Å². The number of aliphatic hydroxyl groups excluding tert-OH is 1. The van der Waals surface area contributed by atoms with E-state index in [1.165, 1.54) is 6.42 Å². The van der Waals surface area contributed by atoms with Gasteiger partial charge in [0.2, 0.25) is 0 Å². The lowest BCUT2D eigenvalue weighted by atomic mass is 9.41. The van der Waals surface area contributed by atoms with E-state index in [1.54, 1.807) is 5.92 Å². The Hall–Kier alpha value is -1.54. The normalized spacial score (nSPS) is 46.9. The fourth-order valence-corrected chi connectivity index (χ4v) is 11.8. The van der Waals surface area contributed by atoms with Crippen molar-refractivity contribution in [2.75, 3.05) is 6.54 Å². The van der Waals surface area contributed by atoms with Gasteiger partial charge in [0, 0.05) is 23.3 Å². The number of hydrogen-bond donors (Lipinski definition) is 3. The Labute approximate surface area is 252 Å². The van der Waals surface area contributed by atoms with Gasteiger partial charge in [-0.3, -0.25) is 0 Å². The zero-order valence-corrected chi connectivity index (χ0v) is 27.0. The summed E-state index contributed by atoms with van der Waals surface area (Å²) in [6, 6.07) is 0. The van der Waals surface area contributed by atoms with Crippen LogP contribution in [0.1, 0.15) is 107 Å². The molecule has 10 atom stereocenters. The third-order valence-corrected chi connectivity index (χ3v) is 13.7. The van der Waals surface area contributed by atoms with Crippen molar-refractivity contribution in [1.82, 2.24) is 5.32 Å². The number of ether oxygens (including phenoxy) is 3. The number of alkyl carbamates (subject to hydrolysis) is 1. The van der Waals surface area contributed by atoms with Gasteiger partial charge >= 0.3 is 12.2 Å². The van der Waals surface area contributed by atoms with Crippen molar-refractivity contribution in [3.63, 3.8) is 0 Å². The van der Waals surface area contributed by atoms with Gasteiger partial charge in [-0.1, -0.05) is 48.5 Å². The van der Waals surface area contributed by atoms with Gasteiger partial charge in [-0.25, -0.2) is 9.59 Å². The Morgan fingerprint density at radius 1 is 1.14 bits per heavy atom. The zero-order chi connectivity index (χ0) is 30.6. The summed E-state index contributed by atoms with van der Waals surface area (Å²) in [6.45, 7) is 18.0. The first-order valence-corrected chi connectivity index (χ1v) is 16.5. The SMILES string of the molecule is CCNC(=O)O[C@@H]([C]1C[C@@H](C)[C@H]2[C](O1)[C@H](O)[C@@]1(C)[C]3CC[C@H]4C(C)(C)C(OC(N)=O)CC[C@@]45C[C@@]35CC[C@]21C)C(C)C. The van der Waals surface area contributed by atoms with Gasteiger partial charge in [0.15, 0.2) is 0 Å². The molecular weight excluding hydrogens is 532 g/mol. The van der Waals surface area contributed by atoms with Crippen LogP contribution in [-0.4, -0.2) is 42.1 Å². The molecule has 5 saturated carbocycles. The van der Waals surface area contributed by atoms with Gasteiger partial charge in [-0.2, -0.15) is 0 Å². The molecule has 6 rings (SSSR count). The summed E-state index contributed by atoms with van der Waals surface area (Å²) in [5, 5.41) is 15.1. The standard InChI is InChI=1S/C34H53N2O6/c1-9-36-29(39)42-25(18(2)3)20-16-19(4)24-26(40-20)27(37)32(8)22-11-10-21-30(5,6)23(41-28(35)38)12-13-33(21)17-34(22,33)15-14-31(24,32)7/h18-19,21,23-25,27,37H,9-17H2,1-8H3,(H2,35,38)(H,36,39)/t19-,21+,23?,24+,25-,27+,31-,32-,33-,34+/m1/s1. The van der Waals surface area contributed by atoms with E-state index in [1.807, 2.05) is 20.8 Å². The Balaban J connectivity index is 1.29. The van der Waals surface area contributed by atoms with E-state index < -0.39 is 24.4 Å². The molecule has 8 heteroatoms. The van der Waals surface area contributed by atoms with Gasteiger partial charge in [0.1, 0.15) is 24.4 Å². The van der Waals surface area contributed by atoms with E-state index in [2.05, 4.69) is 39.9 Å². The Morgan fingerprint density at radius 2 is 1.86 bits per heavy atom. The second-order valence-electron chi connectivity index (χ2n) is 16.0. The van der Waals surface area contributed by atoms with E-state index in [4.69, 9.17) is 19.9 Å². The summed E-state index contributed by atoms with van der Waals surface area (Å²) < 4.78 is 18.3. The minimum absolute atomic E-state index is 0.0511. The maximum absolute atomic E-state index is 12.4. The minimum Gasteiger partial charge on any atom is -0.446 e. The predicted molar refractivity (Wildman–Crippen MR) is 158 cm³/mol. The van der Waals surface area contributed by atoms with Crippen molar-refractivity contribution in [3.05, 3.63) is 18.1 Å². The highest BCUT2D eigenvalue weighted by Gasteiger charge is 2.85. The quantitative estimate of drug-likeness (QED) is 0.347. The molecule has 6 aliphatic rings. The molecule has 5 aliphatic carbocycles. The highest BCUT2D eigenvalue weighted by Crippen LogP contribution is 2.90. The maximum Gasteiger partial charge on any atom is 0.407 e. The van der Waals surface area contributed by atoms with Crippen LogP contribution in [0.4, 0.5) is 9.59 Å². The minimum atomic E-state index is -0.702. The molecule has 0 aromatic rings. The Kier molecular flexibility index (Phi) is 7.06. The summed E-state index contributed by atoms with van der Waals surface area (Å²) >= 11 is 0. The molecular formula is C34H53N2O6. The molecule has 1 saturated heterocycles. The van der Waals surface area contributed by atoms with Gasteiger partial charge in [-0.05, 0) is 98.2 Å². The molecule has 3 radical (unpaired) electrons. The number of nitrogens with one attached hydrogen (secondary N) is 1. The maximum atomic E-state index is 12.4. The summed E-state index contributed by atoms with van der Waals surface area (Å²) in [5.41, 5.74) is 5.18. The van der Waals surface area contributed by atoms with Crippen molar-refractivity contribution < 1.29 is 28.9 Å². The van der Waals surface area contributed by atoms with Gasteiger partial charge < -0.3 is 30.4 Å². The third-order valence-electron chi connectivity index (χ3n) is 13.7. The summed E-state index contributed by atoms with van der Waals surface area (Å²) in [6.07, 6.45) is 7.16. The number of carbonyl (C=O) groups excluding carboxylic acids is 2. The first-order chi connectivity index (χ1) is 19.6. The molecule has 235 valence electrons. The number of nitrogens with two attached hydrogens (primary N) is 1. The van der Waals surface area contributed by atoms with Crippen LogP contribution in [-0.2, 0) is 14.2 Å². The molecule has 0 aromatic heterocycles. The Morgan fingerprint density at radius 3 is 2.50 bits per heavy atom. The highest BCUT2D eigenvalue weighted by atomic mass is 16.6. The zero-order valence-electron chi connectivity index (χ0n) is 27.0. The van der Waals surface area contributed by atoms with Crippen LogP contribution in [0, 0.1) is 68.9 Å². The van der Waals surface area contributed by atoms with Crippen molar-refractivity contribution >= 4 is 12.2 Å². The van der Waals surface area contributed by atoms with E-state index >= 15 is 0 Å². The average Bonchev–Trinajstić information content (AvgIpc) is 3.53. The second-order valence-corrected chi connectivity index (χ2v) is 16.0. The van der Waals surface area contributed by atoms with E-state index in [0.29, 0.717) is 12.5 Å². The molecule has 42 heavy (non-hydrogen) atoms. The van der Waals surface area contributed by atoms with Crippen LogP contribution >= 0.6 is 0 Å². The fraction of sp³-hybridized carbons (Fsp3) is 0.853. The number of carbonyl (C=O) groups is 2. The van der Waals surface area contributed by atoms with Crippen LogP contribution in [0.25, 0.3) is 0 Å². The number of fused-ring (bicyclic) bond motifs is 4. The number of hydrogen-bond acceptors (Lipinski definition) is 6. The predicted octanol–water partition coefficient (Wildman–Crippen LogP) is 6.32. The molecule has 0 aromatic carbocycles. The first kappa shape index (κ1) is 30.5. The topological polar surface area (TPSA) is 120 Å². The van der Waals surface area contributed by atoms with Crippen LogP contribution in [0.15, 0.2) is 0 Å².